The summed E-state index contributed by atoms with van der Waals surface area (Å²) >= 11 is 1.12. The first-order valence-corrected chi connectivity index (χ1v) is 9.66. The summed E-state index contributed by atoms with van der Waals surface area (Å²) in [6.45, 7) is 8.00. The van der Waals surface area contributed by atoms with E-state index in [2.05, 4.69) is 20.9 Å². The molecule has 0 bridgehead atoms. The van der Waals surface area contributed by atoms with E-state index in [0.29, 0.717) is 11.4 Å². The molecule has 29 heavy (non-hydrogen) atoms. The van der Waals surface area contributed by atoms with Gasteiger partial charge < -0.3 is 20.7 Å². The Balaban J connectivity index is 2.02. The zero-order valence-corrected chi connectivity index (χ0v) is 17.6. The van der Waals surface area contributed by atoms with Gasteiger partial charge in [-0.25, -0.2) is 14.2 Å². The van der Waals surface area contributed by atoms with Crippen molar-refractivity contribution in [2.24, 2.45) is 0 Å². The molecule has 0 aliphatic rings. The van der Waals surface area contributed by atoms with E-state index in [1.807, 2.05) is 0 Å². The van der Waals surface area contributed by atoms with Crippen LogP contribution in [-0.4, -0.2) is 34.5 Å². The smallest absolute Gasteiger partial charge is 0.408 e. The third-order valence-electron chi connectivity index (χ3n) is 3.43. The van der Waals surface area contributed by atoms with Crippen LogP contribution in [0.15, 0.2) is 23.6 Å². The van der Waals surface area contributed by atoms with Gasteiger partial charge in [-0.05, 0) is 45.9 Å². The molecule has 0 saturated carbocycles. The van der Waals surface area contributed by atoms with Gasteiger partial charge in [0.2, 0.25) is 11.8 Å². The lowest BCUT2D eigenvalue weighted by atomic mass is 10.1. The number of carbonyl (C=O) groups is 3. The Labute approximate surface area is 171 Å². The summed E-state index contributed by atoms with van der Waals surface area (Å²) in [6.07, 6.45) is -0.707. The third kappa shape index (κ3) is 6.83. The Bertz CT molecular complexity index is 923. The van der Waals surface area contributed by atoms with Crippen LogP contribution in [0.2, 0.25) is 0 Å². The number of benzene rings is 1. The molecule has 2 aromatic rings. The number of aromatic nitrogens is 1. The van der Waals surface area contributed by atoms with Gasteiger partial charge in [0, 0.05) is 23.6 Å². The Morgan fingerprint density at radius 1 is 1.21 bits per heavy atom. The van der Waals surface area contributed by atoms with E-state index >= 15 is 0 Å². The molecule has 0 fully saturated rings. The van der Waals surface area contributed by atoms with Crippen LogP contribution in [0.4, 0.5) is 20.0 Å². The van der Waals surface area contributed by atoms with Crippen LogP contribution in [0.25, 0.3) is 11.3 Å². The van der Waals surface area contributed by atoms with Gasteiger partial charge in [-0.15, -0.1) is 11.3 Å². The normalized spacial score (nSPS) is 12.1. The highest BCUT2D eigenvalue weighted by Crippen LogP contribution is 2.28. The minimum atomic E-state index is -0.856. The van der Waals surface area contributed by atoms with Gasteiger partial charge in [0.15, 0.2) is 5.13 Å². The number of amides is 3. The quantitative estimate of drug-likeness (QED) is 0.680. The number of nitrogens with zero attached hydrogens (tertiary/aromatic N) is 1. The summed E-state index contributed by atoms with van der Waals surface area (Å²) in [5, 5.41) is 9.36. The molecule has 3 amide bonds. The molecule has 1 heterocycles. The Morgan fingerprint density at radius 2 is 1.90 bits per heavy atom. The maximum atomic E-state index is 14.3. The molecular formula is C19H23FN4O4S. The standard InChI is InChI=1S/C19H23FN4O4S/c1-10(21-18(27)28-19(3,4)5)16(26)24-17-23-15(9-29-17)13-7-6-12(8-14(13)20)22-11(2)25/h6-10H,1-5H3,(H,21,27)(H,22,25)(H,23,24,26)/t10-/m1/s1. The van der Waals surface area contributed by atoms with E-state index < -0.39 is 29.5 Å². The molecule has 0 spiro atoms. The predicted molar refractivity (Wildman–Crippen MR) is 109 cm³/mol. The molecular weight excluding hydrogens is 399 g/mol. The van der Waals surface area contributed by atoms with E-state index in [1.165, 1.54) is 26.0 Å². The number of hydrogen-bond donors (Lipinski definition) is 3. The lowest BCUT2D eigenvalue weighted by Crippen LogP contribution is -2.43. The maximum Gasteiger partial charge on any atom is 0.408 e. The number of alkyl carbamates (subject to hydrolysis) is 1. The van der Waals surface area contributed by atoms with E-state index in [9.17, 15) is 18.8 Å². The Hall–Kier alpha value is -3.01. The first-order valence-electron chi connectivity index (χ1n) is 8.78. The summed E-state index contributed by atoms with van der Waals surface area (Å²) in [4.78, 5) is 39.3. The van der Waals surface area contributed by atoms with Crippen molar-refractivity contribution in [3.05, 3.63) is 29.4 Å². The lowest BCUT2D eigenvalue weighted by Gasteiger charge is -2.21. The van der Waals surface area contributed by atoms with Crippen LogP contribution < -0.4 is 16.0 Å². The molecule has 1 atom stereocenters. The van der Waals surface area contributed by atoms with Gasteiger partial charge in [0.1, 0.15) is 17.5 Å². The van der Waals surface area contributed by atoms with E-state index in [1.54, 1.807) is 32.2 Å². The van der Waals surface area contributed by atoms with Crippen molar-refractivity contribution in [3.8, 4) is 11.3 Å². The van der Waals surface area contributed by atoms with Crippen molar-refractivity contribution in [1.29, 1.82) is 0 Å². The SMILES string of the molecule is CC(=O)Nc1ccc(-c2csc(NC(=O)[C@@H](C)NC(=O)OC(C)(C)C)n2)c(F)c1. The topological polar surface area (TPSA) is 109 Å². The van der Waals surface area contributed by atoms with Crippen molar-refractivity contribution >= 4 is 40.1 Å². The number of nitrogens with one attached hydrogen (secondary N) is 3. The lowest BCUT2D eigenvalue weighted by molar-refractivity contribution is -0.118. The van der Waals surface area contributed by atoms with Gasteiger partial charge in [0.05, 0.1) is 5.69 Å². The Morgan fingerprint density at radius 3 is 2.48 bits per heavy atom. The zero-order chi connectivity index (χ0) is 21.8. The highest BCUT2D eigenvalue weighted by molar-refractivity contribution is 7.14. The van der Waals surface area contributed by atoms with Crippen molar-refractivity contribution in [2.75, 3.05) is 10.6 Å². The third-order valence-corrected chi connectivity index (χ3v) is 4.18. The van der Waals surface area contributed by atoms with Crippen LogP contribution in [0.3, 0.4) is 0 Å². The van der Waals surface area contributed by atoms with Gasteiger partial charge in [-0.1, -0.05) is 0 Å². The molecule has 2 rings (SSSR count). The van der Waals surface area contributed by atoms with Crippen molar-refractivity contribution in [2.45, 2.75) is 46.3 Å². The van der Waals surface area contributed by atoms with Gasteiger partial charge in [-0.2, -0.15) is 0 Å². The summed E-state index contributed by atoms with van der Waals surface area (Å²) in [5.74, 6) is -1.34. The summed E-state index contributed by atoms with van der Waals surface area (Å²) in [5.41, 5.74) is 0.231. The minimum Gasteiger partial charge on any atom is -0.444 e. The summed E-state index contributed by atoms with van der Waals surface area (Å²) < 4.78 is 19.4. The monoisotopic (exact) mass is 422 g/mol. The number of hydrogen-bond acceptors (Lipinski definition) is 6. The molecule has 3 N–H and O–H groups in total. The highest BCUT2D eigenvalue weighted by atomic mass is 32.1. The van der Waals surface area contributed by atoms with Crippen molar-refractivity contribution < 1.29 is 23.5 Å². The minimum absolute atomic E-state index is 0.232. The number of thiazole rings is 1. The maximum absolute atomic E-state index is 14.3. The molecule has 8 nitrogen and oxygen atoms in total. The van der Waals surface area contributed by atoms with Crippen LogP contribution in [-0.2, 0) is 14.3 Å². The first-order chi connectivity index (χ1) is 13.4. The average Bonchev–Trinajstić information content (AvgIpc) is 3.00. The first kappa shape index (κ1) is 22.3. The molecule has 0 saturated heterocycles. The van der Waals surface area contributed by atoms with E-state index in [-0.39, 0.29) is 16.6 Å². The molecule has 0 aliphatic carbocycles. The fourth-order valence-corrected chi connectivity index (χ4v) is 2.94. The molecule has 1 aromatic carbocycles. The van der Waals surface area contributed by atoms with Crippen molar-refractivity contribution in [3.63, 3.8) is 0 Å². The second-order valence-corrected chi connectivity index (χ2v) is 8.13. The number of rotatable bonds is 5. The van der Waals surface area contributed by atoms with Gasteiger partial charge in [-0.3, -0.25) is 9.59 Å². The van der Waals surface area contributed by atoms with Crippen LogP contribution in [0.1, 0.15) is 34.6 Å². The number of anilines is 2. The second kappa shape index (κ2) is 8.99. The van der Waals surface area contributed by atoms with Crippen molar-refractivity contribution in [1.82, 2.24) is 10.3 Å². The molecule has 0 radical (unpaired) electrons. The van der Waals surface area contributed by atoms with Crippen LogP contribution in [0.5, 0.6) is 0 Å². The van der Waals surface area contributed by atoms with E-state index in [4.69, 9.17) is 4.74 Å². The Kier molecular flexibility index (Phi) is 6.91. The fraction of sp³-hybridized carbons (Fsp3) is 0.368. The summed E-state index contributed by atoms with van der Waals surface area (Å²) in [7, 11) is 0. The molecule has 156 valence electrons. The zero-order valence-electron chi connectivity index (χ0n) is 16.8. The number of ether oxygens (including phenoxy) is 1. The fourth-order valence-electron chi connectivity index (χ4n) is 2.22. The number of carbonyl (C=O) groups excluding carboxylic acids is 3. The molecule has 0 unspecified atom stereocenters. The molecule has 10 heteroatoms. The molecule has 1 aromatic heterocycles. The van der Waals surface area contributed by atoms with Gasteiger partial charge >= 0.3 is 6.09 Å². The summed E-state index contributed by atoms with van der Waals surface area (Å²) in [6, 6.07) is 3.39. The second-order valence-electron chi connectivity index (χ2n) is 7.27. The predicted octanol–water partition coefficient (Wildman–Crippen LogP) is 3.76. The number of halogens is 1. The van der Waals surface area contributed by atoms with Gasteiger partial charge in [0.25, 0.3) is 0 Å². The largest absolute Gasteiger partial charge is 0.444 e. The van der Waals surface area contributed by atoms with E-state index in [0.717, 1.165) is 11.3 Å². The highest BCUT2D eigenvalue weighted by Gasteiger charge is 2.22. The average molecular weight is 422 g/mol. The van der Waals surface area contributed by atoms with Crippen LogP contribution in [0, 0.1) is 5.82 Å². The molecule has 0 aliphatic heterocycles. The van der Waals surface area contributed by atoms with Crippen LogP contribution >= 0.6 is 11.3 Å².